The van der Waals surface area contributed by atoms with Crippen molar-refractivity contribution in [1.82, 2.24) is 5.32 Å². The summed E-state index contributed by atoms with van der Waals surface area (Å²) < 4.78 is 0. The number of amides is 1. The van der Waals surface area contributed by atoms with Crippen molar-refractivity contribution in [2.75, 3.05) is 0 Å². The number of nitro benzene ring substituents is 1. The minimum absolute atomic E-state index is 0.0814. The Hall–Kier alpha value is -2.02. The number of halogens is 2. The highest BCUT2D eigenvalue weighted by atomic mass is 35.5. The summed E-state index contributed by atoms with van der Waals surface area (Å²) in [6.45, 7) is 1.79. The second kappa shape index (κ2) is 8.43. The standard InChI is InChI=1S/C12H13Cl2N5O3/c1-2-9(16-12(20)11(13)14)10(17-18-15)7-3-5-8(6-4-7)19(21)22/h3-6,9-11H,2H2,1H3,(H,16,20)/t9-,10+/m1/s1. The number of nitrogens with zero attached hydrogens (tertiary/aromatic N) is 4. The van der Waals surface area contributed by atoms with Gasteiger partial charge in [-0.05, 0) is 17.5 Å². The minimum Gasteiger partial charge on any atom is -0.350 e. The third kappa shape index (κ3) is 4.77. The lowest BCUT2D eigenvalue weighted by molar-refractivity contribution is -0.384. The normalized spacial score (nSPS) is 13.1. The van der Waals surface area contributed by atoms with Gasteiger partial charge in [0.2, 0.25) is 0 Å². The number of nitrogens with one attached hydrogen (secondary N) is 1. The van der Waals surface area contributed by atoms with Crippen molar-refractivity contribution in [2.24, 2.45) is 5.11 Å². The molecule has 0 aromatic heterocycles. The number of non-ortho nitro benzene ring substituents is 1. The van der Waals surface area contributed by atoms with Crippen LogP contribution >= 0.6 is 23.2 Å². The van der Waals surface area contributed by atoms with Crippen molar-refractivity contribution in [1.29, 1.82) is 0 Å². The number of nitro groups is 1. The van der Waals surface area contributed by atoms with Gasteiger partial charge in [0.15, 0.2) is 4.84 Å². The lowest BCUT2D eigenvalue weighted by Crippen LogP contribution is -2.40. The number of hydrogen-bond acceptors (Lipinski definition) is 4. The van der Waals surface area contributed by atoms with Gasteiger partial charge in [-0.25, -0.2) is 0 Å². The lowest BCUT2D eigenvalue weighted by Gasteiger charge is -2.24. The van der Waals surface area contributed by atoms with E-state index in [2.05, 4.69) is 15.3 Å². The highest BCUT2D eigenvalue weighted by molar-refractivity contribution is 6.53. The van der Waals surface area contributed by atoms with Gasteiger partial charge in [-0.15, -0.1) is 0 Å². The highest BCUT2D eigenvalue weighted by Crippen LogP contribution is 2.26. The molecule has 1 N–H and O–H groups in total. The van der Waals surface area contributed by atoms with Gasteiger partial charge >= 0.3 is 0 Å². The second-order valence-corrected chi connectivity index (χ2v) is 5.42. The average Bonchev–Trinajstić information content (AvgIpc) is 2.50. The van der Waals surface area contributed by atoms with Crippen LogP contribution in [0.3, 0.4) is 0 Å². The van der Waals surface area contributed by atoms with Gasteiger partial charge in [0.05, 0.1) is 11.0 Å². The topological polar surface area (TPSA) is 121 Å². The molecule has 1 aromatic rings. The minimum atomic E-state index is -1.24. The van der Waals surface area contributed by atoms with Gasteiger partial charge in [0.25, 0.3) is 11.6 Å². The maximum atomic E-state index is 11.6. The van der Waals surface area contributed by atoms with Crippen molar-refractivity contribution >= 4 is 34.8 Å². The molecule has 0 heterocycles. The summed E-state index contributed by atoms with van der Waals surface area (Å²) in [7, 11) is 0. The van der Waals surface area contributed by atoms with E-state index in [1.165, 1.54) is 24.3 Å². The molecule has 0 aliphatic carbocycles. The molecule has 0 fully saturated rings. The zero-order valence-electron chi connectivity index (χ0n) is 11.5. The molecule has 0 radical (unpaired) electrons. The SMILES string of the molecule is CC[C@@H](NC(=O)C(Cl)Cl)[C@@H](N=[N+]=[N-])c1ccc([N+](=O)[O-])cc1. The predicted molar refractivity (Wildman–Crippen MR) is 82.7 cm³/mol. The Kier molecular flexibility index (Phi) is 6.91. The zero-order valence-corrected chi connectivity index (χ0v) is 13.0. The first-order valence-corrected chi connectivity index (χ1v) is 7.15. The van der Waals surface area contributed by atoms with Crippen molar-refractivity contribution in [3.8, 4) is 0 Å². The van der Waals surface area contributed by atoms with Crippen molar-refractivity contribution < 1.29 is 9.72 Å². The van der Waals surface area contributed by atoms with Crippen LogP contribution in [0.5, 0.6) is 0 Å². The average molecular weight is 346 g/mol. The fourth-order valence-corrected chi connectivity index (χ4v) is 2.00. The van der Waals surface area contributed by atoms with Crippen LogP contribution in [0.15, 0.2) is 29.4 Å². The van der Waals surface area contributed by atoms with E-state index in [0.29, 0.717) is 12.0 Å². The number of benzene rings is 1. The largest absolute Gasteiger partial charge is 0.350 e. The van der Waals surface area contributed by atoms with E-state index >= 15 is 0 Å². The van der Waals surface area contributed by atoms with E-state index in [1.54, 1.807) is 6.92 Å². The molecule has 0 saturated carbocycles. The molecule has 8 nitrogen and oxygen atoms in total. The van der Waals surface area contributed by atoms with Gasteiger partial charge in [0, 0.05) is 23.1 Å². The van der Waals surface area contributed by atoms with Crippen LogP contribution in [-0.4, -0.2) is 21.7 Å². The molecular formula is C12H13Cl2N5O3. The maximum absolute atomic E-state index is 11.6. The second-order valence-electron chi connectivity index (χ2n) is 4.32. The molecule has 1 aromatic carbocycles. The van der Waals surface area contributed by atoms with E-state index in [-0.39, 0.29) is 5.69 Å². The monoisotopic (exact) mass is 345 g/mol. The molecule has 0 saturated heterocycles. The Morgan fingerprint density at radius 2 is 2.05 bits per heavy atom. The maximum Gasteiger partial charge on any atom is 0.269 e. The summed E-state index contributed by atoms with van der Waals surface area (Å²) in [6, 6.07) is 4.29. The number of hydrogen-bond donors (Lipinski definition) is 1. The summed E-state index contributed by atoms with van der Waals surface area (Å²) in [5.41, 5.74) is 9.17. The molecule has 0 aliphatic rings. The first kappa shape index (κ1) is 18.0. The van der Waals surface area contributed by atoms with Crippen LogP contribution in [0.2, 0.25) is 0 Å². The van der Waals surface area contributed by atoms with Crippen LogP contribution in [-0.2, 0) is 4.79 Å². The van der Waals surface area contributed by atoms with Gasteiger partial charge in [-0.2, -0.15) is 0 Å². The fourth-order valence-electron chi connectivity index (χ4n) is 1.88. The van der Waals surface area contributed by atoms with Gasteiger partial charge in [-0.3, -0.25) is 14.9 Å². The number of rotatable bonds is 7. The molecule has 1 amide bonds. The van der Waals surface area contributed by atoms with Crippen molar-refractivity contribution in [2.45, 2.75) is 30.3 Å². The van der Waals surface area contributed by atoms with E-state index < -0.39 is 27.8 Å². The molecule has 2 atom stereocenters. The quantitative estimate of drug-likeness (QED) is 0.202. The lowest BCUT2D eigenvalue weighted by atomic mass is 9.98. The summed E-state index contributed by atoms with van der Waals surface area (Å²) in [6.07, 6.45) is 0.451. The van der Waals surface area contributed by atoms with E-state index in [4.69, 9.17) is 28.7 Å². The van der Waals surface area contributed by atoms with Crippen LogP contribution in [0.1, 0.15) is 24.9 Å². The fraction of sp³-hybridized carbons (Fsp3) is 0.417. The van der Waals surface area contributed by atoms with Crippen molar-refractivity contribution in [3.63, 3.8) is 0 Å². The molecule has 0 bridgehead atoms. The third-order valence-corrected chi connectivity index (χ3v) is 3.36. The first-order valence-electron chi connectivity index (χ1n) is 6.27. The van der Waals surface area contributed by atoms with Crippen LogP contribution in [0.4, 0.5) is 5.69 Å². The number of azide groups is 1. The zero-order chi connectivity index (χ0) is 16.7. The summed E-state index contributed by atoms with van der Waals surface area (Å²) >= 11 is 11.0. The summed E-state index contributed by atoms with van der Waals surface area (Å²) in [5.74, 6) is -0.602. The third-order valence-electron chi connectivity index (χ3n) is 2.97. The van der Waals surface area contributed by atoms with Gasteiger partial charge in [0.1, 0.15) is 0 Å². The summed E-state index contributed by atoms with van der Waals surface area (Å²) in [4.78, 5) is 23.2. The van der Waals surface area contributed by atoms with Crippen molar-refractivity contribution in [3.05, 3.63) is 50.4 Å². The van der Waals surface area contributed by atoms with Crippen LogP contribution in [0, 0.1) is 10.1 Å². The van der Waals surface area contributed by atoms with Gasteiger partial charge < -0.3 is 5.32 Å². The Labute approximate surface area is 136 Å². The Morgan fingerprint density at radius 1 is 1.45 bits per heavy atom. The molecule has 0 spiro atoms. The number of alkyl halides is 2. The highest BCUT2D eigenvalue weighted by Gasteiger charge is 2.25. The Morgan fingerprint density at radius 3 is 2.45 bits per heavy atom. The van der Waals surface area contributed by atoms with E-state index in [9.17, 15) is 14.9 Å². The van der Waals surface area contributed by atoms with Gasteiger partial charge in [-0.1, -0.05) is 47.4 Å². The molecule has 10 heteroatoms. The smallest absolute Gasteiger partial charge is 0.269 e. The molecule has 1 rings (SSSR count). The van der Waals surface area contributed by atoms with E-state index in [0.717, 1.165) is 0 Å². The predicted octanol–water partition coefficient (Wildman–Crippen LogP) is 3.64. The Balaban J connectivity index is 3.06. The number of carbonyl (C=O) groups excluding carboxylic acids is 1. The Bertz CT molecular complexity index is 587. The molecule has 0 unspecified atom stereocenters. The molecule has 22 heavy (non-hydrogen) atoms. The molecular weight excluding hydrogens is 333 g/mol. The molecule has 118 valence electrons. The summed E-state index contributed by atoms with van der Waals surface area (Å²) in [5, 5.41) is 16.9. The van der Waals surface area contributed by atoms with E-state index in [1.807, 2.05) is 0 Å². The first-order chi connectivity index (χ1) is 10.4. The van der Waals surface area contributed by atoms with Crippen LogP contribution < -0.4 is 5.32 Å². The molecule has 0 aliphatic heterocycles. The van der Waals surface area contributed by atoms with Crippen LogP contribution in [0.25, 0.3) is 10.4 Å². The number of carbonyl (C=O) groups is 1.